The highest BCUT2D eigenvalue weighted by atomic mass is 16.5. The fraction of sp³-hybridized carbons (Fsp3) is 0.0625. The molecule has 0 atom stereocenters. The Morgan fingerprint density at radius 3 is 2.58 bits per heavy atom. The highest BCUT2D eigenvalue weighted by molar-refractivity contribution is 5.84. The number of aromatic nitrogens is 1. The van der Waals surface area contributed by atoms with Gasteiger partial charge in [0, 0.05) is 11.6 Å². The number of hydrogen-bond acceptors (Lipinski definition) is 3. The molecule has 1 heterocycles. The first kappa shape index (κ1) is 11.5. The number of nitrogens with zero attached hydrogens (tertiary/aromatic N) is 1. The molecule has 0 bridgehead atoms. The van der Waals surface area contributed by atoms with Crippen LogP contribution >= 0.6 is 0 Å². The van der Waals surface area contributed by atoms with Crippen molar-refractivity contribution in [2.75, 3.05) is 0 Å². The molecule has 1 aromatic heterocycles. The maximum absolute atomic E-state index is 9.23. The van der Waals surface area contributed by atoms with Crippen molar-refractivity contribution in [1.29, 1.82) is 0 Å². The topological polar surface area (TPSA) is 42.4 Å². The van der Waals surface area contributed by atoms with Gasteiger partial charge < -0.3 is 9.84 Å². The zero-order valence-corrected chi connectivity index (χ0v) is 10.3. The minimum absolute atomic E-state index is 0.260. The van der Waals surface area contributed by atoms with E-state index < -0.39 is 0 Å². The predicted molar refractivity (Wildman–Crippen MR) is 74.2 cm³/mol. The van der Waals surface area contributed by atoms with E-state index in [0.29, 0.717) is 6.61 Å². The summed E-state index contributed by atoms with van der Waals surface area (Å²) in [7, 11) is 0. The van der Waals surface area contributed by atoms with Crippen LogP contribution in [-0.2, 0) is 6.61 Å². The van der Waals surface area contributed by atoms with E-state index in [1.807, 2.05) is 42.5 Å². The van der Waals surface area contributed by atoms with Crippen molar-refractivity contribution in [3.05, 3.63) is 66.4 Å². The Labute approximate surface area is 111 Å². The Balaban J connectivity index is 1.84. The van der Waals surface area contributed by atoms with Gasteiger partial charge in [-0.3, -0.25) is 4.98 Å². The van der Waals surface area contributed by atoms with Crippen LogP contribution in [-0.4, -0.2) is 10.1 Å². The molecule has 94 valence electrons. The first-order valence-corrected chi connectivity index (χ1v) is 6.07. The molecule has 0 amide bonds. The number of phenols is 1. The van der Waals surface area contributed by atoms with Gasteiger partial charge in [0.15, 0.2) is 0 Å². The predicted octanol–water partition coefficient (Wildman–Crippen LogP) is 3.52. The lowest BCUT2D eigenvalue weighted by atomic mass is 10.2. The van der Waals surface area contributed by atoms with Crippen LogP contribution in [0.2, 0.25) is 0 Å². The summed E-state index contributed by atoms with van der Waals surface area (Å²) in [4.78, 5) is 4.34. The van der Waals surface area contributed by atoms with Crippen molar-refractivity contribution in [2.24, 2.45) is 0 Å². The number of fused-ring (bicyclic) bond motifs is 1. The summed E-state index contributed by atoms with van der Waals surface area (Å²) >= 11 is 0. The third kappa shape index (κ3) is 2.50. The molecule has 0 radical (unpaired) electrons. The van der Waals surface area contributed by atoms with Crippen LogP contribution in [0.1, 0.15) is 5.56 Å². The molecule has 1 N–H and O–H groups in total. The van der Waals surface area contributed by atoms with Crippen molar-refractivity contribution < 1.29 is 9.84 Å². The highest BCUT2D eigenvalue weighted by Crippen LogP contribution is 2.24. The molecule has 3 nitrogen and oxygen atoms in total. The second-order valence-corrected chi connectivity index (χ2v) is 4.29. The summed E-state index contributed by atoms with van der Waals surface area (Å²) in [6.45, 7) is 0.454. The molecule has 0 aliphatic heterocycles. The first-order valence-electron chi connectivity index (χ1n) is 6.07. The highest BCUT2D eigenvalue weighted by Gasteiger charge is 2.03. The number of phenolic OH excluding ortho intramolecular Hbond substituents is 1. The summed E-state index contributed by atoms with van der Waals surface area (Å²) in [5.74, 6) is 1.03. The summed E-state index contributed by atoms with van der Waals surface area (Å²) in [6, 6.07) is 16.8. The minimum atomic E-state index is 0.260. The van der Waals surface area contributed by atoms with Gasteiger partial charge in [0.25, 0.3) is 0 Å². The van der Waals surface area contributed by atoms with Gasteiger partial charge in [-0.2, -0.15) is 0 Å². The minimum Gasteiger partial charge on any atom is -0.508 e. The summed E-state index contributed by atoms with van der Waals surface area (Å²) in [5, 5.41) is 10.3. The van der Waals surface area contributed by atoms with Crippen LogP contribution in [0, 0.1) is 0 Å². The zero-order chi connectivity index (χ0) is 13.1. The second-order valence-electron chi connectivity index (χ2n) is 4.29. The smallest absolute Gasteiger partial charge is 0.146 e. The van der Waals surface area contributed by atoms with Crippen LogP contribution in [0.15, 0.2) is 60.8 Å². The Bertz CT molecular complexity index is 687. The number of para-hydroxylation sites is 1. The second kappa shape index (κ2) is 4.98. The van der Waals surface area contributed by atoms with Crippen molar-refractivity contribution in [2.45, 2.75) is 6.61 Å². The first-order chi connectivity index (χ1) is 9.33. The van der Waals surface area contributed by atoms with E-state index in [1.165, 1.54) is 0 Å². The molecule has 3 heteroatoms. The molecule has 0 fully saturated rings. The largest absolute Gasteiger partial charge is 0.508 e. The molecule has 0 saturated carbocycles. The van der Waals surface area contributed by atoms with Gasteiger partial charge in [-0.1, -0.05) is 30.3 Å². The van der Waals surface area contributed by atoms with Crippen LogP contribution in [0.5, 0.6) is 11.5 Å². The summed E-state index contributed by atoms with van der Waals surface area (Å²) in [5.41, 5.74) is 1.87. The Morgan fingerprint density at radius 2 is 1.74 bits per heavy atom. The van der Waals surface area contributed by atoms with Crippen LogP contribution in [0.25, 0.3) is 10.9 Å². The molecular weight excluding hydrogens is 238 g/mol. The number of pyridine rings is 1. The summed E-state index contributed by atoms with van der Waals surface area (Å²) in [6.07, 6.45) is 1.76. The molecule has 0 spiro atoms. The maximum Gasteiger partial charge on any atom is 0.146 e. The number of rotatable bonds is 3. The van der Waals surface area contributed by atoms with E-state index >= 15 is 0 Å². The average Bonchev–Trinajstić information content (AvgIpc) is 2.47. The zero-order valence-electron chi connectivity index (χ0n) is 10.3. The van der Waals surface area contributed by atoms with Crippen molar-refractivity contribution in [1.82, 2.24) is 4.98 Å². The van der Waals surface area contributed by atoms with Crippen LogP contribution in [0.4, 0.5) is 0 Å². The fourth-order valence-electron chi connectivity index (χ4n) is 1.95. The van der Waals surface area contributed by atoms with Crippen molar-refractivity contribution in [3.63, 3.8) is 0 Å². The van der Waals surface area contributed by atoms with E-state index in [9.17, 15) is 5.11 Å². The number of aromatic hydroxyl groups is 1. The Hall–Kier alpha value is -2.55. The van der Waals surface area contributed by atoms with Crippen LogP contribution < -0.4 is 4.74 Å². The third-order valence-corrected chi connectivity index (χ3v) is 2.93. The van der Waals surface area contributed by atoms with Gasteiger partial charge >= 0.3 is 0 Å². The number of benzene rings is 2. The molecule has 2 aromatic carbocycles. The molecule has 0 aliphatic carbocycles. The van der Waals surface area contributed by atoms with Gasteiger partial charge in [0.2, 0.25) is 0 Å². The Kier molecular flexibility index (Phi) is 3.02. The fourth-order valence-corrected chi connectivity index (χ4v) is 1.95. The molecule has 0 unspecified atom stereocenters. The Morgan fingerprint density at radius 1 is 0.947 bits per heavy atom. The van der Waals surface area contributed by atoms with Gasteiger partial charge in [0.05, 0.1) is 0 Å². The molecule has 19 heavy (non-hydrogen) atoms. The summed E-state index contributed by atoms with van der Waals surface area (Å²) < 4.78 is 5.80. The van der Waals surface area contributed by atoms with E-state index in [1.54, 1.807) is 18.3 Å². The van der Waals surface area contributed by atoms with E-state index in [2.05, 4.69) is 4.98 Å². The molecular formula is C16H13NO2. The molecule has 3 rings (SSSR count). The van der Waals surface area contributed by atoms with Crippen LogP contribution in [0.3, 0.4) is 0 Å². The lowest BCUT2D eigenvalue weighted by molar-refractivity contribution is 0.309. The molecule has 0 aliphatic rings. The van der Waals surface area contributed by atoms with E-state index in [0.717, 1.165) is 22.2 Å². The number of ether oxygens (including phenoxy) is 1. The van der Waals surface area contributed by atoms with Gasteiger partial charge in [-0.25, -0.2) is 0 Å². The standard InChI is InChI=1S/C16H13NO2/c18-14-8-6-12(7-9-14)11-19-15-5-1-3-13-4-2-10-17-16(13)15/h1-10,18H,11H2. The van der Waals surface area contributed by atoms with Crippen molar-refractivity contribution >= 4 is 10.9 Å². The lowest BCUT2D eigenvalue weighted by Gasteiger charge is -2.08. The van der Waals surface area contributed by atoms with Gasteiger partial charge in [-0.05, 0) is 29.8 Å². The van der Waals surface area contributed by atoms with E-state index in [-0.39, 0.29) is 5.75 Å². The molecule has 3 aromatic rings. The van der Waals surface area contributed by atoms with Gasteiger partial charge in [0.1, 0.15) is 23.6 Å². The van der Waals surface area contributed by atoms with Crippen molar-refractivity contribution in [3.8, 4) is 11.5 Å². The maximum atomic E-state index is 9.23. The normalized spacial score (nSPS) is 10.5. The molecule has 0 saturated heterocycles. The average molecular weight is 251 g/mol. The lowest BCUT2D eigenvalue weighted by Crippen LogP contribution is -1.96. The van der Waals surface area contributed by atoms with Gasteiger partial charge in [-0.15, -0.1) is 0 Å². The number of hydrogen-bond donors (Lipinski definition) is 1. The quantitative estimate of drug-likeness (QED) is 0.774. The SMILES string of the molecule is Oc1ccc(COc2cccc3cccnc23)cc1. The van der Waals surface area contributed by atoms with E-state index in [4.69, 9.17) is 4.74 Å². The third-order valence-electron chi connectivity index (χ3n) is 2.93. The monoisotopic (exact) mass is 251 g/mol.